The molecule has 0 spiro atoms. The molecule has 0 aliphatic heterocycles. The zero-order valence-corrected chi connectivity index (χ0v) is 12.9. The maximum Gasteiger partial charge on any atom is 0.221 e. The van der Waals surface area contributed by atoms with Gasteiger partial charge in [0.2, 0.25) is 15.9 Å². The predicted molar refractivity (Wildman–Crippen MR) is 80.7 cm³/mol. The number of carbonyl (C=O) groups is 1. The summed E-state index contributed by atoms with van der Waals surface area (Å²) in [4.78, 5) is 15.8. The quantitative estimate of drug-likeness (QED) is 0.735. The molecule has 2 rings (SSSR count). The normalized spacial score (nSPS) is 11.3. The van der Waals surface area contributed by atoms with Crippen molar-refractivity contribution in [1.29, 1.82) is 0 Å². The maximum atomic E-state index is 11.6. The molecule has 22 heavy (non-hydrogen) atoms. The van der Waals surface area contributed by atoms with Crippen LogP contribution in [0, 0.1) is 0 Å². The fourth-order valence-electron chi connectivity index (χ4n) is 1.74. The molecule has 2 N–H and O–H groups in total. The lowest BCUT2D eigenvalue weighted by atomic mass is 10.2. The molecule has 0 unspecified atom stereocenters. The third-order valence-electron chi connectivity index (χ3n) is 2.76. The Morgan fingerprint density at radius 1 is 1.36 bits per heavy atom. The van der Waals surface area contributed by atoms with Crippen LogP contribution in [0.2, 0.25) is 0 Å². The maximum absolute atomic E-state index is 11.6. The van der Waals surface area contributed by atoms with E-state index in [0.717, 1.165) is 11.8 Å². The van der Waals surface area contributed by atoms with Crippen LogP contribution < -0.4 is 10.0 Å². The number of pyridine rings is 1. The molecule has 0 atom stereocenters. The summed E-state index contributed by atoms with van der Waals surface area (Å²) in [5, 5.41) is 6.81. The number of hydrogen-bond donors (Lipinski definition) is 2. The van der Waals surface area contributed by atoms with E-state index >= 15 is 0 Å². The molecule has 0 saturated heterocycles. The van der Waals surface area contributed by atoms with Gasteiger partial charge in [-0.3, -0.25) is 4.79 Å². The highest BCUT2D eigenvalue weighted by Crippen LogP contribution is 2.05. The minimum absolute atomic E-state index is 0.0829. The number of amides is 1. The Balaban J connectivity index is 1.84. The predicted octanol–water partition coefficient (Wildman–Crippen LogP) is -0.177. The Labute approximate surface area is 128 Å². The molecule has 2 heterocycles. The van der Waals surface area contributed by atoms with Gasteiger partial charge in [0.25, 0.3) is 0 Å². The van der Waals surface area contributed by atoms with Gasteiger partial charge in [0.1, 0.15) is 0 Å². The van der Waals surface area contributed by atoms with Gasteiger partial charge in [-0.25, -0.2) is 22.8 Å². The summed E-state index contributed by atoms with van der Waals surface area (Å²) in [6.07, 6.45) is 6.22. The van der Waals surface area contributed by atoms with Crippen molar-refractivity contribution < 1.29 is 13.2 Å². The summed E-state index contributed by atoms with van der Waals surface area (Å²) >= 11 is 0. The van der Waals surface area contributed by atoms with Gasteiger partial charge in [-0.15, -0.1) is 0 Å². The zero-order chi connectivity index (χ0) is 16.0. The van der Waals surface area contributed by atoms with E-state index in [4.69, 9.17) is 0 Å². The molecule has 0 bridgehead atoms. The molecule has 8 nitrogen and oxygen atoms in total. The Morgan fingerprint density at radius 3 is 2.86 bits per heavy atom. The second-order valence-electron chi connectivity index (χ2n) is 4.67. The average molecular weight is 323 g/mol. The first-order valence-electron chi connectivity index (χ1n) is 6.60. The van der Waals surface area contributed by atoms with E-state index in [-0.39, 0.29) is 18.9 Å². The van der Waals surface area contributed by atoms with Crippen LogP contribution in [0.15, 0.2) is 36.8 Å². The molecule has 0 aliphatic rings. The van der Waals surface area contributed by atoms with Crippen molar-refractivity contribution >= 4 is 15.9 Å². The average Bonchev–Trinajstić information content (AvgIpc) is 2.98. The lowest BCUT2D eigenvalue weighted by Crippen LogP contribution is -2.29. The smallest absolute Gasteiger partial charge is 0.221 e. The molecule has 0 radical (unpaired) electrons. The summed E-state index contributed by atoms with van der Waals surface area (Å²) in [6.45, 7) is 0.425. The number of aromatic nitrogens is 3. The van der Waals surface area contributed by atoms with E-state index in [1.54, 1.807) is 35.4 Å². The largest absolute Gasteiger partial charge is 0.352 e. The summed E-state index contributed by atoms with van der Waals surface area (Å²) in [7, 11) is -3.27. The fraction of sp³-hybridized carbons (Fsp3) is 0.308. The standard InChI is InChI=1S/C13H17N5O3S/c1-22(20,21)17-7-4-13(19)15-10-11-3-6-14-12(9-11)18-8-2-5-16-18/h2-3,5-6,8-9,17H,4,7,10H2,1H3,(H,15,19). The van der Waals surface area contributed by atoms with Crippen LogP contribution in [0.3, 0.4) is 0 Å². The van der Waals surface area contributed by atoms with Gasteiger partial charge >= 0.3 is 0 Å². The molecule has 0 aromatic carbocycles. The number of sulfonamides is 1. The van der Waals surface area contributed by atoms with Crippen LogP contribution in [0.5, 0.6) is 0 Å². The molecule has 9 heteroatoms. The summed E-state index contributed by atoms with van der Waals surface area (Å²) in [5.41, 5.74) is 0.880. The molecule has 2 aromatic heterocycles. The molecule has 0 fully saturated rings. The van der Waals surface area contributed by atoms with Crippen LogP contribution in [0.1, 0.15) is 12.0 Å². The topological polar surface area (TPSA) is 106 Å². The number of rotatable bonds is 7. The van der Waals surface area contributed by atoms with E-state index in [9.17, 15) is 13.2 Å². The number of nitrogens with one attached hydrogen (secondary N) is 2. The van der Waals surface area contributed by atoms with Crippen LogP contribution in [-0.4, -0.2) is 41.9 Å². The van der Waals surface area contributed by atoms with Crippen molar-refractivity contribution in [2.45, 2.75) is 13.0 Å². The van der Waals surface area contributed by atoms with E-state index in [1.165, 1.54) is 0 Å². The number of carbonyl (C=O) groups excluding carboxylic acids is 1. The Hall–Kier alpha value is -2.26. The van der Waals surface area contributed by atoms with Gasteiger partial charge in [0, 0.05) is 38.1 Å². The van der Waals surface area contributed by atoms with Crippen molar-refractivity contribution in [3.05, 3.63) is 42.4 Å². The lowest BCUT2D eigenvalue weighted by molar-refractivity contribution is -0.121. The first-order valence-corrected chi connectivity index (χ1v) is 8.49. The number of nitrogens with zero attached hydrogens (tertiary/aromatic N) is 3. The zero-order valence-electron chi connectivity index (χ0n) is 12.1. The lowest BCUT2D eigenvalue weighted by Gasteiger charge is -2.07. The Kier molecular flexibility index (Phi) is 5.23. The van der Waals surface area contributed by atoms with Crippen molar-refractivity contribution in [2.24, 2.45) is 0 Å². The first kappa shape index (κ1) is 16.1. The Bertz CT molecular complexity index is 728. The van der Waals surface area contributed by atoms with E-state index in [0.29, 0.717) is 12.4 Å². The van der Waals surface area contributed by atoms with Crippen LogP contribution in [-0.2, 0) is 21.4 Å². The highest BCUT2D eigenvalue weighted by atomic mass is 32.2. The summed E-state index contributed by atoms with van der Waals surface area (Å²) in [5.74, 6) is 0.434. The van der Waals surface area contributed by atoms with E-state index in [1.807, 2.05) is 6.07 Å². The molecule has 0 saturated carbocycles. The molecule has 118 valence electrons. The van der Waals surface area contributed by atoms with E-state index < -0.39 is 10.0 Å². The van der Waals surface area contributed by atoms with E-state index in [2.05, 4.69) is 20.1 Å². The minimum atomic E-state index is -3.27. The third kappa shape index (κ3) is 5.26. The van der Waals surface area contributed by atoms with Crippen molar-refractivity contribution in [3.63, 3.8) is 0 Å². The second-order valence-corrected chi connectivity index (χ2v) is 6.50. The van der Waals surface area contributed by atoms with Gasteiger partial charge < -0.3 is 5.32 Å². The molecule has 2 aromatic rings. The SMILES string of the molecule is CS(=O)(=O)NCCC(=O)NCc1ccnc(-n2cccn2)c1. The minimum Gasteiger partial charge on any atom is -0.352 e. The van der Waals surface area contributed by atoms with Crippen molar-refractivity contribution in [1.82, 2.24) is 24.8 Å². The summed E-state index contributed by atoms with van der Waals surface area (Å²) < 4.78 is 25.7. The first-order chi connectivity index (χ1) is 10.4. The van der Waals surface area contributed by atoms with Crippen LogP contribution in [0.25, 0.3) is 5.82 Å². The Morgan fingerprint density at radius 2 is 2.18 bits per heavy atom. The highest BCUT2D eigenvalue weighted by Gasteiger charge is 2.05. The van der Waals surface area contributed by atoms with Gasteiger partial charge in [0.05, 0.1) is 6.26 Å². The van der Waals surface area contributed by atoms with Gasteiger partial charge in [-0.05, 0) is 23.8 Å². The monoisotopic (exact) mass is 323 g/mol. The molecular formula is C13H17N5O3S. The molecular weight excluding hydrogens is 306 g/mol. The number of hydrogen-bond acceptors (Lipinski definition) is 5. The van der Waals surface area contributed by atoms with Gasteiger partial charge in [0.15, 0.2) is 5.82 Å². The van der Waals surface area contributed by atoms with Crippen LogP contribution in [0.4, 0.5) is 0 Å². The van der Waals surface area contributed by atoms with Crippen molar-refractivity contribution in [2.75, 3.05) is 12.8 Å². The molecule has 1 amide bonds. The molecule has 0 aliphatic carbocycles. The van der Waals surface area contributed by atoms with Gasteiger partial charge in [-0.2, -0.15) is 5.10 Å². The fourth-order valence-corrected chi connectivity index (χ4v) is 2.21. The highest BCUT2D eigenvalue weighted by molar-refractivity contribution is 7.88. The van der Waals surface area contributed by atoms with Gasteiger partial charge in [-0.1, -0.05) is 0 Å². The second kappa shape index (κ2) is 7.14. The van der Waals surface area contributed by atoms with Crippen molar-refractivity contribution in [3.8, 4) is 5.82 Å². The van der Waals surface area contributed by atoms with Crippen LogP contribution >= 0.6 is 0 Å². The summed E-state index contributed by atoms with van der Waals surface area (Å²) in [6, 6.07) is 5.41. The third-order valence-corrected chi connectivity index (χ3v) is 3.48.